The van der Waals surface area contributed by atoms with Crippen LogP contribution < -0.4 is 15.4 Å². The van der Waals surface area contributed by atoms with Crippen LogP contribution in [0.25, 0.3) is 0 Å². The van der Waals surface area contributed by atoms with Gasteiger partial charge < -0.3 is 20.3 Å². The topological polar surface area (TPSA) is 100 Å². The molecule has 3 heterocycles. The minimum atomic E-state index is -0.483. The molecule has 2 aromatic rings. The standard InChI is InChI=1S/C25H26N4O4S/c30-22(15-21-24(32)28-25(34-21)29-12-3-4-13-29)26-17-9-7-16(8-10-17)23(31)27-19-11-14-33-20-6-2-1-5-18(19)20/h1-2,5-10,19,21H,3-4,11-15H2,(H,26,30)(H,27,31)/t19-,21-/m0/s1. The Morgan fingerprint density at radius 2 is 1.85 bits per heavy atom. The van der Waals surface area contributed by atoms with E-state index in [0.29, 0.717) is 24.3 Å². The van der Waals surface area contributed by atoms with Gasteiger partial charge in [0.2, 0.25) is 5.91 Å². The number of nitrogens with one attached hydrogen (secondary N) is 2. The van der Waals surface area contributed by atoms with Crippen LogP contribution in [0.1, 0.15) is 47.6 Å². The predicted octanol–water partition coefficient (Wildman–Crippen LogP) is 3.36. The van der Waals surface area contributed by atoms with Crippen LogP contribution in [0.3, 0.4) is 0 Å². The van der Waals surface area contributed by atoms with Gasteiger partial charge in [0, 0.05) is 42.7 Å². The van der Waals surface area contributed by atoms with Crippen LogP contribution in [0.4, 0.5) is 5.69 Å². The summed E-state index contributed by atoms with van der Waals surface area (Å²) in [7, 11) is 0. The summed E-state index contributed by atoms with van der Waals surface area (Å²) >= 11 is 1.38. The molecule has 8 nitrogen and oxygen atoms in total. The number of amidine groups is 1. The van der Waals surface area contributed by atoms with Gasteiger partial charge in [0.15, 0.2) is 5.17 Å². The van der Waals surface area contributed by atoms with Crippen LogP contribution in [-0.4, -0.2) is 52.7 Å². The first kappa shape index (κ1) is 22.5. The molecule has 1 saturated heterocycles. The van der Waals surface area contributed by atoms with Crippen molar-refractivity contribution in [3.05, 3.63) is 59.7 Å². The largest absolute Gasteiger partial charge is 0.493 e. The molecule has 176 valence electrons. The lowest BCUT2D eigenvalue weighted by atomic mass is 10.00. The molecule has 0 radical (unpaired) electrons. The van der Waals surface area contributed by atoms with Crippen LogP contribution in [0.15, 0.2) is 53.5 Å². The summed E-state index contributed by atoms with van der Waals surface area (Å²) in [6, 6.07) is 14.4. The number of amides is 3. The molecule has 34 heavy (non-hydrogen) atoms. The lowest BCUT2D eigenvalue weighted by molar-refractivity contribution is -0.121. The fourth-order valence-electron chi connectivity index (χ4n) is 4.37. The van der Waals surface area contributed by atoms with Crippen LogP contribution in [0.2, 0.25) is 0 Å². The van der Waals surface area contributed by atoms with Gasteiger partial charge in [0.1, 0.15) is 11.0 Å². The molecule has 0 spiro atoms. The first-order valence-electron chi connectivity index (χ1n) is 11.5. The van der Waals surface area contributed by atoms with E-state index in [-0.39, 0.29) is 30.2 Å². The maximum Gasteiger partial charge on any atom is 0.262 e. The molecule has 2 atom stereocenters. The Bertz CT molecular complexity index is 1130. The van der Waals surface area contributed by atoms with Crippen LogP contribution in [-0.2, 0) is 9.59 Å². The highest BCUT2D eigenvalue weighted by atomic mass is 32.2. The normalized spacial score (nSPS) is 21.5. The second-order valence-corrected chi connectivity index (χ2v) is 9.73. The number of thioether (sulfide) groups is 1. The second-order valence-electron chi connectivity index (χ2n) is 8.56. The number of likely N-dealkylation sites (tertiary alicyclic amines) is 1. The Labute approximate surface area is 202 Å². The zero-order valence-electron chi connectivity index (χ0n) is 18.7. The fraction of sp³-hybridized carbons (Fsp3) is 0.360. The van der Waals surface area contributed by atoms with E-state index in [1.54, 1.807) is 24.3 Å². The molecule has 5 rings (SSSR count). The van der Waals surface area contributed by atoms with E-state index in [1.807, 2.05) is 24.3 Å². The third kappa shape index (κ3) is 4.94. The second kappa shape index (κ2) is 9.89. The van der Waals surface area contributed by atoms with Crippen LogP contribution in [0, 0.1) is 0 Å². The van der Waals surface area contributed by atoms with Crippen molar-refractivity contribution in [2.24, 2.45) is 4.99 Å². The third-order valence-corrected chi connectivity index (χ3v) is 7.38. The Balaban J connectivity index is 1.14. The zero-order chi connectivity index (χ0) is 23.5. The summed E-state index contributed by atoms with van der Waals surface area (Å²) in [4.78, 5) is 43.7. The number of rotatable bonds is 5. The molecule has 3 aliphatic heterocycles. The summed E-state index contributed by atoms with van der Waals surface area (Å²) in [5.41, 5.74) is 2.06. The van der Waals surface area contributed by atoms with E-state index in [4.69, 9.17) is 4.74 Å². The highest BCUT2D eigenvalue weighted by molar-refractivity contribution is 8.15. The lowest BCUT2D eigenvalue weighted by Gasteiger charge is -2.26. The van der Waals surface area contributed by atoms with Gasteiger partial charge in [-0.15, -0.1) is 0 Å². The van der Waals surface area contributed by atoms with Crippen LogP contribution >= 0.6 is 11.8 Å². The van der Waals surface area contributed by atoms with Crippen molar-refractivity contribution in [2.75, 3.05) is 25.0 Å². The maximum absolute atomic E-state index is 12.8. The number of carbonyl (C=O) groups excluding carboxylic acids is 3. The Morgan fingerprint density at radius 1 is 1.09 bits per heavy atom. The van der Waals surface area contributed by atoms with Crippen molar-refractivity contribution >= 4 is 40.3 Å². The van der Waals surface area contributed by atoms with Gasteiger partial charge in [-0.05, 0) is 43.2 Å². The van der Waals surface area contributed by atoms with E-state index in [0.717, 1.165) is 42.4 Å². The molecule has 0 saturated carbocycles. The molecular formula is C25H26N4O4S. The van der Waals surface area contributed by atoms with Crippen molar-refractivity contribution in [2.45, 2.75) is 37.0 Å². The van der Waals surface area contributed by atoms with Gasteiger partial charge in [0.25, 0.3) is 11.8 Å². The molecule has 3 amide bonds. The smallest absolute Gasteiger partial charge is 0.262 e. The van der Waals surface area contributed by atoms with E-state index in [9.17, 15) is 14.4 Å². The van der Waals surface area contributed by atoms with Crippen molar-refractivity contribution < 1.29 is 19.1 Å². The molecule has 1 fully saturated rings. The average molecular weight is 479 g/mol. The minimum Gasteiger partial charge on any atom is -0.493 e. The number of benzene rings is 2. The number of hydrogen-bond donors (Lipinski definition) is 2. The summed E-state index contributed by atoms with van der Waals surface area (Å²) in [6.07, 6.45) is 2.98. The Kier molecular flexibility index (Phi) is 6.53. The molecule has 0 unspecified atom stereocenters. The number of hydrogen-bond acceptors (Lipinski definition) is 6. The van der Waals surface area contributed by atoms with Gasteiger partial charge in [-0.3, -0.25) is 14.4 Å². The van der Waals surface area contributed by atoms with E-state index in [2.05, 4.69) is 20.5 Å². The van der Waals surface area contributed by atoms with E-state index < -0.39 is 5.25 Å². The maximum atomic E-state index is 12.8. The molecule has 2 aromatic carbocycles. The zero-order valence-corrected chi connectivity index (χ0v) is 19.5. The van der Waals surface area contributed by atoms with Gasteiger partial charge in [-0.1, -0.05) is 30.0 Å². The summed E-state index contributed by atoms with van der Waals surface area (Å²) < 4.78 is 5.66. The van der Waals surface area contributed by atoms with Gasteiger partial charge in [-0.2, -0.15) is 4.99 Å². The molecule has 0 bridgehead atoms. The average Bonchev–Trinajstić information content (AvgIpc) is 3.50. The fourth-order valence-corrected chi connectivity index (χ4v) is 5.49. The number of anilines is 1. The quantitative estimate of drug-likeness (QED) is 0.684. The summed E-state index contributed by atoms with van der Waals surface area (Å²) in [5, 5.41) is 6.14. The van der Waals surface area contributed by atoms with Gasteiger partial charge in [0.05, 0.1) is 12.6 Å². The molecule has 3 aliphatic rings. The van der Waals surface area contributed by atoms with E-state index >= 15 is 0 Å². The predicted molar refractivity (Wildman–Crippen MR) is 131 cm³/mol. The number of nitrogens with zero attached hydrogens (tertiary/aromatic N) is 2. The first-order chi connectivity index (χ1) is 16.6. The molecule has 0 aliphatic carbocycles. The number of carbonyl (C=O) groups is 3. The number of ether oxygens (including phenoxy) is 1. The Morgan fingerprint density at radius 3 is 2.65 bits per heavy atom. The monoisotopic (exact) mass is 478 g/mol. The van der Waals surface area contributed by atoms with Crippen molar-refractivity contribution in [3.63, 3.8) is 0 Å². The lowest BCUT2D eigenvalue weighted by Crippen LogP contribution is -2.32. The summed E-state index contributed by atoms with van der Waals surface area (Å²) in [5.74, 6) is 0.122. The number of aliphatic imine (C=N–C) groups is 1. The van der Waals surface area contributed by atoms with Crippen LogP contribution in [0.5, 0.6) is 5.75 Å². The van der Waals surface area contributed by atoms with Crippen molar-refractivity contribution in [3.8, 4) is 5.75 Å². The molecule has 2 N–H and O–H groups in total. The van der Waals surface area contributed by atoms with Crippen molar-refractivity contribution in [1.29, 1.82) is 0 Å². The molecule has 9 heteroatoms. The first-order valence-corrected chi connectivity index (χ1v) is 12.4. The molecular weight excluding hydrogens is 452 g/mol. The number of para-hydroxylation sites is 1. The van der Waals surface area contributed by atoms with E-state index in [1.165, 1.54) is 11.8 Å². The third-order valence-electron chi connectivity index (χ3n) is 6.17. The number of fused-ring (bicyclic) bond motifs is 1. The van der Waals surface area contributed by atoms with Gasteiger partial charge >= 0.3 is 0 Å². The highest BCUT2D eigenvalue weighted by Crippen LogP contribution is 2.32. The SMILES string of the molecule is O=C(C[C@@H]1SC(N2CCCC2)=NC1=O)Nc1ccc(C(=O)N[C@H]2CCOc3ccccc32)cc1. The van der Waals surface area contributed by atoms with Gasteiger partial charge in [-0.25, -0.2) is 0 Å². The minimum absolute atomic E-state index is 0.0652. The van der Waals surface area contributed by atoms with Crippen molar-refractivity contribution in [1.82, 2.24) is 10.2 Å². The highest BCUT2D eigenvalue weighted by Gasteiger charge is 2.33. The molecule has 0 aromatic heterocycles. The Hall–Kier alpha value is -3.33. The summed E-state index contributed by atoms with van der Waals surface area (Å²) in [6.45, 7) is 2.39.